The number of amides is 4. The van der Waals surface area contributed by atoms with Gasteiger partial charge in [-0.15, -0.1) is 0 Å². The first kappa shape index (κ1) is 44.3. The van der Waals surface area contributed by atoms with Gasteiger partial charge in [0.15, 0.2) is 23.5 Å². The first-order valence-corrected chi connectivity index (χ1v) is 21.8. The maximum absolute atomic E-state index is 13.9. The van der Waals surface area contributed by atoms with E-state index in [1.54, 1.807) is 18.2 Å². The third-order valence-electron chi connectivity index (χ3n) is 14.8. The summed E-state index contributed by atoms with van der Waals surface area (Å²) in [6.45, 7) is 6.40. The second kappa shape index (κ2) is 17.0. The van der Waals surface area contributed by atoms with Crippen molar-refractivity contribution in [2.75, 3.05) is 18.5 Å². The number of allylic oxidation sites excluding steroid dienone is 4. The average molecular weight is 865 g/mol. The molecule has 1 unspecified atom stereocenters. The Kier molecular flexibility index (Phi) is 11.9. The SMILES string of the molecule is C[C@H](NC(=O)CCN1C(=O)C=CC1O)C(=O)N[C@@H](C)C(=O)Nc1cccc(Cc2ccc([C@@H]3O[C@@H]4C[C@H]5[C@@H]6CCC7=CC(=O)C=C[C@]7(C)[C@H]6[C@@H](O)C[C@]5(C)[C@]4(C(=O)CO)O3)cc2)c1. The van der Waals surface area contributed by atoms with Crippen LogP contribution in [0.1, 0.15) is 82.8 Å². The molecule has 0 aromatic heterocycles. The van der Waals surface area contributed by atoms with Crippen LogP contribution in [0.4, 0.5) is 5.69 Å². The smallest absolute Gasteiger partial charge is 0.248 e. The lowest BCUT2D eigenvalue weighted by Crippen LogP contribution is -2.63. The number of ether oxygens (including phenoxy) is 2. The van der Waals surface area contributed by atoms with E-state index >= 15 is 0 Å². The molecular formula is C48H56N4O11. The van der Waals surface area contributed by atoms with Crippen molar-refractivity contribution in [3.8, 4) is 0 Å². The van der Waals surface area contributed by atoms with Crippen molar-refractivity contribution >= 4 is 40.9 Å². The molecule has 4 amide bonds. The molecule has 8 rings (SSSR count). The van der Waals surface area contributed by atoms with Gasteiger partial charge in [-0.05, 0) is 99.3 Å². The molecule has 2 aromatic rings. The zero-order chi connectivity index (χ0) is 45.0. The molecule has 4 fully saturated rings. The molecule has 12 atom stereocenters. The first-order chi connectivity index (χ1) is 30.0. The van der Waals surface area contributed by atoms with Crippen LogP contribution >= 0.6 is 0 Å². The molecule has 2 heterocycles. The van der Waals surface area contributed by atoms with Gasteiger partial charge in [0.2, 0.25) is 23.6 Å². The highest BCUT2D eigenvalue weighted by Gasteiger charge is 2.76. The van der Waals surface area contributed by atoms with Gasteiger partial charge in [0.05, 0.1) is 12.2 Å². The Morgan fingerprint density at radius 3 is 2.41 bits per heavy atom. The van der Waals surface area contributed by atoms with Gasteiger partial charge in [-0.25, -0.2) is 0 Å². The summed E-state index contributed by atoms with van der Waals surface area (Å²) in [7, 11) is 0. The van der Waals surface area contributed by atoms with Crippen LogP contribution in [0.5, 0.6) is 0 Å². The Morgan fingerprint density at radius 1 is 0.952 bits per heavy atom. The van der Waals surface area contributed by atoms with Crippen LogP contribution in [-0.4, -0.2) is 105 Å². The van der Waals surface area contributed by atoms with Gasteiger partial charge in [0, 0.05) is 47.0 Å². The van der Waals surface area contributed by atoms with E-state index in [0.717, 1.165) is 34.4 Å². The molecule has 0 bridgehead atoms. The van der Waals surface area contributed by atoms with Gasteiger partial charge in [-0.3, -0.25) is 28.8 Å². The summed E-state index contributed by atoms with van der Waals surface area (Å²) in [4.78, 5) is 77.4. The highest BCUT2D eigenvalue weighted by molar-refractivity contribution is 6.01. The molecule has 0 spiro atoms. The maximum Gasteiger partial charge on any atom is 0.248 e. The topological polar surface area (TPSA) is 221 Å². The van der Waals surface area contributed by atoms with Gasteiger partial charge in [-0.2, -0.15) is 0 Å². The monoisotopic (exact) mass is 864 g/mol. The first-order valence-electron chi connectivity index (χ1n) is 21.8. The molecule has 334 valence electrons. The fourth-order valence-corrected chi connectivity index (χ4v) is 11.6. The molecule has 63 heavy (non-hydrogen) atoms. The van der Waals surface area contributed by atoms with Crippen molar-refractivity contribution in [3.05, 3.63) is 101 Å². The Bertz CT molecular complexity index is 2290. The third kappa shape index (κ3) is 7.88. The number of anilines is 1. The van der Waals surface area contributed by atoms with Gasteiger partial charge >= 0.3 is 0 Å². The van der Waals surface area contributed by atoms with Crippen LogP contribution in [0, 0.1) is 28.6 Å². The molecule has 0 radical (unpaired) electrons. The highest BCUT2D eigenvalue weighted by atomic mass is 16.7. The molecule has 6 N–H and O–H groups in total. The third-order valence-corrected chi connectivity index (χ3v) is 14.8. The van der Waals surface area contributed by atoms with Gasteiger partial charge < -0.3 is 45.6 Å². The van der Waals surface area contributed by atoms with Crippen molar-refractivity contribution in [2.24, 2.45) is 28.6 Å². The fourth-order valence-electron chi connectivity index (χ4n) is 11.6. The molecule has 1 saturated heterocycles. The number of benzene rings is 2. The predicted molar refractivity (Wildman–Crippen MR) is 228 cm³/mol. The molecule has 3 saturated carbocycles. The van der Waals surface area contributed by atoms with Crippen LogP contribution in [0.3, 0.4) is 0 Å². The number of hydrogen-bond donors (Lipinski definition) is 6. The molecule has 6 aliphatic rings. The van der Waals surface area contributed by atoms with Gasteiger partial charge in [0.25, 0.3) is 0 Å². The van der Waals surface area contributed by atoms with Crippen LogP contribution in [0.15, 0.2) is 84.5 Å². The Labute approximate surface area is 366 Å². The number of aliphatic hydroxyl groups is 3. The Hall–Kier alpha value is -5.32. The van der Waals surface area contributed by atoms with E-state index in [1.807, 2.05) is 55.5 Å². The van der Waals surface area contributed by atoms with Crippen LogP contribution < -0.4 is 16.0 Å². The van der Waals surface area contributed by atoms with E-state index in [0.29, 0.717) is 30.5 Å². The van der Waals surface area contributed by atoms with Crippen molar-refractivity contribution in [1.29, 1.82) is 0 Å². The number of carbonyl (C=O) groups is 6. The van der Waals surface area contributed by atoms with Crippen LogP contribution in [0.2, 0.25) is 0 Å². The average Bonchev–Trinajstić information content (AvgIpc) is 3.87. The van der Waals surface area contributed by atoms with Gasteiger partial charge in [-0.1, -0.05) is 61.9 Å². The maximum atomic E-state index is 13.9. The minimum atomic E-state index is -1.45. The number of Topliss-reactive ketones (excluding diaryl/α,β-unsaturated/α-hetero) is 1. The number of nitrogens with one attached hydrogen (secondary N) is 3. The minimum Gasteiger partial charge on any atom is -0.393 e. The molecule has 2 aromatic carbocycles. The van der Waals surface area contributed by atoms with Crippen LogP contribution in [-0.2, 0) is 44.7 Å². The Morgan fingerprint density at radius 2 is 1.70 bits per heavy atom. The lowest BCUT2D eigenvalue weighted by molar-refractivity contribution is -0.201. The van der Waals surface area contributed by atoms with Crippen molar-refractivity contribution in [3.63, 3.8) is 0 Å². The molecule has 15 heteroatoms. The van der Waals surface area contributed by atoms with Gasteiger partial charge in [0.1, 0.15) is 24.9 Å². The van der Waals surface area contributed by atoms with E-state index < -0.39 is 89.3 Å². The lowest BCUT2D eigenvalue weighted by atomic mass is 9.46. The molecule has 15 nitrogen and oxygen atoms in total. The molecule has 2 aliphatic heterocycles. The van der Waals surface area contributed by atoms with Crippen molar-refractivity contribution in [2.45, 2.75) is 109 Å². The number of ketones is 2. The summed E-state index contributed by atoms with van der Waals surface area (Å²) in [5, 5.41) is 40.1. The summed E-state index contributed by atoms with van der Waals surface area (Å²) < 4.78 is 13.4. The summed E-state index contributed by atoms with van der Waals surface area (Å²) in [5.41, 5.74) is 1.44. The molecular weight excluding hydrogens is 809 g/mol. The number of rotatable bonds is 13. The number of hydrogen-bond acceptors (Lipinski definition) is 11. The summed E-state index contributed by atoms with van der Waals surface area (Å²) in [5.74, 6) is -2.47. The minimum absolute atomic E-state index is 0.00862. The van der Waals surface area contributed by atoms with Crippen molar-refractivity contribution in [1.82, 2.24) is 15.5 Å². The zero-order valence-electron chi connectivity index (χ0n) is 35.9. The number of carbonyl (C=O) groups excluding carboxylic acids is 6. The quantitative estimate of drug-likeness (QED) is 0.172. The zero-order valence-corrected chi connectivity index (χ0v) is 35.9. The second-order valence-corrected chi connectivity index (χ2v) is 18.5. The largest absolute Gasteiger partial charge is 0.393 e. The number of fused-ring (bicyclic) bond motifs is 7. The summed E-state index contributed by atoms with van der Waals surface area (Å²) in [6.07, 6.45) is 7.25. The summed E-state index contributed by atoms with van der Waals surface area (Å²) in [6, 6.07) is 13.1. The Balaban J connectivity index is 0.868. The molecule has 4 aliphatic carbocycles. The summed E-state index contributed by atoms with van der Waals surface area (Å²) >= 11 is 0. The predicted octanol–water partition coefficient (Wildman–Crippen LogP) is 2.94. The van der Waals surface area contributed by atoms with E-state index in [9.17, 15) is 44.1 Å². The fraction of sp³-hybridized carbons (Fsp3) is 0.500. The highest BCUT2D eigenvalue weighted by Crippen LogP contribution is 2.70. The van der Waals surface area contributed by atoms with E-state index in [-0.39, 0.29) is 36.5 Å². The standard InChI is InChI=1S/C48H56N4O11/c1-26(49-39(57)17-19-52-40(58)14-15-41(52)59)43(60)50-27(2)44(61)51-32-7-5-6-29(21-32)20-28-8-10-30(11-9-28)45-62-38-23-35-34-13-12-31-22-33(54)16-18-46(31,3)42(34)36(55)24-47(35,4)48(38,63-45)37(56)25-53/h5-11,14-16,18,21-22,26-27,34-36,38,40,42,45,53,55,58H,12-13,17,19-20,23-25H2,1-4H3,(H,49,57)(H,50,60)(H,51,61)/t26-,27-,34-,35-,36-,38+,40?,42+,45+,46-,47-,48+/m0/s1. The van der Waals surface area contributed by atoms with E-state index in [1.165, 1.54) is 26.0 Å². The van der Waals surface area contributed by atoms with Crippen LogP contribution in [0.25, 0.3) is 0 Å². The van der Waals surface area contributed by atoms with Crippen molar-refractivity contribution < 1.29 is 53.6 Å². The van der Waals surface area contributed by atoms with E-state index in [4.69, 9.17) is 9.47 Å². The second-order valence-electron chi connectivity index (χ2n) is 18.5. The van der Waals surface area contributed by atoms with E-state index in [2.05, 4.69) is 22.9 Å². The normalized spacial score (nSPS) is 33.7. The number of aliphatic hydroxyl groups excluding tert-OH is 3. The lowest BCUT2D eigenvalue weighted by Gasteiger charge is -2.59. The number of nitrogens with zero attached hydrogens (tertiary/aromatic N) is 1.